The van der Waals surface area contributed by atoms with Gasteiger partial charge in [0.1, 0.15) is 0 Å². The first-order valence-corrected chi connectivity index (χ1v) is 6.21. The van der Waals surface area contributed by atoms with Crippen LogP contribution in [0.1, 0.15) is 17.8 Å². The van der Waals surface area contributed by atoms with Crippen LogP contribution in [0.15, 0.2) is 24.3 Å². The number of aryl methyl sites for hydroxylation is 1. The van der Waals surface area contributed by atoms with E-state index in [1.807, 2.05) is 0 Å². The molecular weight excluding hydrogens is 276 g/mol. The van der Waals surface area contributed by atoms with E-state index in [4.69, 9.17) is 5.11 Å². The molecule has 2 rings (SSSR count). The summed E-state index contributed by atoms with van der Waals surface area (Å²) in [5, 5.41) is 26.9. The number of amides is 2. The lowest BCUT2D eigenvalue weighted by Gasteiger charge is -2.07. The molecule has 0 aliphatic heterocycles. The van der Waals surface area contributed by atoms with Gasteiger partial charge in [-0.15, -0.1) is 10.2 Å². The van der Waals surface area contributed by atoms with Crippen molar-refractivity contribution in [3.05, 3.63) is 35.7 Å². The SMILES string of the molecule is O=C(O)CCc1ccc(NC(=O)NCc2nn[nH]n2)cc1. The highest BCUT2D eigenvalue weighted by Gasteiger charge is 2.04. The maximum absolute atomic E-state index is 11.6. The Hall–Kier alpha value is -2.97. The van der Waals surface area contributed by atoms with Crippen LogP contribution in [0.3, 0.4) is 0 Å². The summed E-state index contributed by atoms with van der Waals surface area (Å²) >= 11 is 0. The number of aromatic amines is 1. The lowest BCUT2D eigenvalue weighted by molar-refractivity contribution is -0.136. The van der Waals surface area contributed by atoms with E-state index in [2.05, 4.69) is 31.3 Å². The number of aromatic nitrogens is 4. The zero-order chi connectivity index (χ0) is 15.1. The first-order chi connectivity index (χ1) is 10.1. The fourth-order valence-corrected chi connectivity index (χ4v) is 1.60. The van der Waals surface area contributed by atoms with Crippen molar-refractivity contribution in [1.82, 2.24) is 25.9 Å². The van der Waals surface area contributed by atoms with Crippen molar-refractivity contribution in [2.24, 2.45) is 0 Å². The van der Waals surface area contributed by atoms with Gasteiger partial charge >= 0.3 is 12.0 Å². The van der Waals surface area contributed by atoms with E-state index in [1.165, 1.54) is 0 Å². The zero-order valence-corrected chi connectivity index (χ0v) is 11.0. The number of carboxylic acid groups (broad SMARTS) is 1. The van der Waals surface area contributed by atoms with E-state index in [-0.39, 0.29) is 13.0 Å². The number of nitrogens with zero attached hydrogens (tertiary/aromatic N) is 3. The van der Waals surface area contributed by atoms with Crippen molar-refractivity contribution in [1.29, 1.82) is 0 Å². The Balaban J connectivity index is 1.79. The van der Waals surface area contributed by atoms with Crippen molar-refractivity contribution in [2.75, 3.05) is 5.32 Å². The minimum absolute atomic E-state index is 0.0813. The maximum atomic E-state index is 11.6. The molecule has 0 saturated carbocycles. The molecule has 2 aromatic rings. The van der Waals surface area contributed by atoms with E-state index in [0.717, 1.165) is 5.56 Å². The summed E-state index contributed by atoms with van der Waals surface area (Å²) in [4.78, 5) is 22.1. The fraction of sp³-hybridized carbons (Fsp3) is 0.250. The van der Waals surface area contributed by atoms with Gasteiger partial charge in [-0.2, -0.15) is 5.21 Å². The number of rotatable bonds is 6. The number of tetrazole rings is 1. The van der Waals surface area contributed by atoms with Gasteiger partial charge in [0.15, 0.2) is 5.82 Å². The van der Waals surface area contributed by atoms with Gasteiger partial charge in [-0.1, -0.05) is 17.3 Å². The lowest BCUT2D eigenvalue weighted by Crippen LogP contribution is -2.28. The van der Waals surface area contributed by atoms with Gasteiger partial charge in [-0.05, 0) is 24.1 Å². The molecule has 2 amide bonds. The van der Waals surface area contributed by atoms with Crippen LogP contribution in [0.5, 0.6) is 0 Å². The van der Waals surface area contributed by atoms with E-state index < -0.39 is 12.0 Å². The monoisotopic (exact) mass is 290 g/mol. The predicted molar refractivity (Wildman–Crippen MR) is 72.4 cm³/mol. The Labute approximate surface area is 119 Å². The quantitative estimate of drug-likeness (QED) is 0.613. The molecule has 0 fully saturated rings. The fourth-order valence-electron chi connectivity index (χ4n) is 1.60. The summed E-state index contributed by atoms with van der Waals surface area (Å²) in [6.45, 7) is 0.166. The van der Waals surface area contributed by atoms with Crippen LogP contribution in [0, 0.1) is 0 Å². The van der Waals surface area contributed by atoms with E-state index in [9.17, 15) is 9.59 Å². The van der Waals surface area contributed by atoms with Crippen molar-refractivity contribution in [2.45, 2.75) is 19.4 Å². The van der Waals surface area contributed by atoms with Crippen LogP contribution < -0.4 is 10.6 Å². The molecule has 0 spiro atoms. The molecule has 21 heavy (non-hydrogen) atoms. The molecule has 0 bridgehead atoms. The van der Waals surface area contributed by atoms with Crippen LogP contribution in [-0.4, -0.2) is 37.7 Å². The topological polar surface area (TPSA) is 133 Å². The summed E-state index contributed by atoms with van der Waals surface area (Å²) in [5.74, 6) is -0.452. The smallest absolute Gasteiger partial charge is 0.319 e. The third kappa shape index (κ3) is 4.90. The standard InChI is InChI=1S/C12H14N6O3/c19-11(20)6-3-8-1-4-9(5-2-8)14-12(21)13-7-10-15-17-18-16-10/h1-2,4-5H,3,6-7H2,(H,19,20)(H2,13,14,21)(H,15,16,17,18). The highest BCUT2D eigenvalue weighted by atomic mass is 16.4. The highest BCUT2D eigenvalue weighted by molar-refractivity contribution is 5.89. The number of hydrogen-bond acceptors (Lipinski definition) is 5. The Morgan fingerprint density at radius 1 is 1.24 bits per heavy atom. The third-order valence-corrected chi connectivity index (χ3v) is 2.64. The second kappa shape index (κ2) is 6.98. The molecule has 0 aliphatic carbocycles. The first-order valence-electron chi connectivity index (χ1n) is 6.21. The number of benzene rings is 1. The second-order valence-corrected chi connectivity index (χ2v) is 4.23. The van der Waals surface area contributed by atoms with Gasteiger partial charge in [-0.3, -0.25) is 4.79 Å². The summed E-state index contributed by atoms with van der Waals surface area (Å²) in [7, 11) is 0. The minimum Gasteiger partial charge on any atom is -0.481 e. The normalized spacial score (nSPS) is 10.1. The molecule has 0 radical (unpaired) electrons. The van der Waals surface area contributed by atoms with E-state index in [0.29, 0.717) is 17.9 Å². The molecular formula is C12H14N6O3. The molecule has 9 heteroatoms. The number of H-pyrrole nitrogens is 1. The summed E-state index contributed by atoms with van der Waals surface area (Å²) in [6.07, 6.45) is 0.539. The lowest BCUT2D eigenvalue weighted by atomic mass is 10.1. The largest absolute Gasteiger partial charge is 0.481 e. The second-order valence-electron chi connectivity index (χ2n) is 4.23. The number of nitrogens with one attached hydrogen (secondary N) is 3. The number of aliphatic carboxylic acids is 1. The number of carbonyl (C=O) groups is 2. The number of carboxylic acids is 1. The van der Waals surface area contributed by atoms with Gasteiger partial charge in [0.25, 0.3) is 0 Å². The average Bonchev–Trinajstić information content (AvgIpc) is 2.98. The van der Waals surface area contributed by atoms with Crippen LogP contribution in [-0.2, 0) is 17.8 Å². The van der Waals surface area contributed by atoms with Crippen molar-refractivity contribution in [3.8, 4) is 0 Å². The molecule has 0 saturated heterocycles. The molecule has 1 aromatic heterocycles. The molecule has 110 valence electrons. The first kappa shape index (κ1) is 14.4. The number of carbonyl (C=O) groups excluding carboxylic acids is 1. The summed E-state index contributed by atoms with van der Waals surface area (Å²) in [6, 6.07) is 6.59. The highest BCUT2D eigenvalue weighted by Crippen LogP contribution is 2.11. The molecule has 0 aliphatic rings. The molecule has 9 nitrogen and oxygen atoms in total. The van der Waals surface area contributed by atoms with E-state index >= 15 is 0 Å². The van der Waals surface area contributed by atoms with Crippen molar-refractivity contribution in [3.63, 3.8) is 0 Å². The number of urea groups is 1. The molecule has 1 aromatic carbocycles. The Bertz CT molecular complexity index is 596. The molecule has 0 unspecified atom stereocenters. The minimum atomic E-state index is -0.835. The van der Waals surface area contributed by atoms with Gasteiger partial charge in [0, 0.05) is 12.1 Å². The molecule has 4 N–H and O–H groups in total. The predicted octanol–water partition coefficient (Wildman–Crippen LogP) is 0.539. The zero-order valence-electron chi connectivity index (χ0n) is 11.0. The van der Waals surface area contributed by atoms with E-state index in [1.54, 1.807) is 24.3 Å². The Morgan fingerprint density at radius 3 is 2.62 bits per heavy atom. The van der Waals surface area contributed by atoms with Gasteiger partial charge in [0.2, 0.25) is 0 Å². The van der Waals surface area contributed by atoms with Crippen molar-refractivity contribution >= 4 is 17.7 Å². The maximum Gasteiger partial charge on any atom is 0.319 e. The average molecular weight is 290 g/mol. The number of anilines is 1. The van der Waals surface area contributed by atoms with Crippen molar-refractivity contribution < 1.29 is 14.7 Å². The number of hydrogen-bond donors (Lipinski definition) is 4. The third-order valence-electron chi connectivity index (χ3n) is 2.64. The van der Waals surface area contributed by atoms with Gasteiger partial charge in [0.05, 0.1) is 6.54 Å². The summed E-state index contributed by atoms with van der Waals surface area (Å²) < 4.78 is 0. The van der Waals surface area contributed by atoms with Crippen LogP contribution in [0.4, 0.5) is 10.5 Å². The Kier molecular flexibility index (Phi) is 4.80. The van der Waals surface area contributed by atoms with Crippen LogP contribution >= 0.6 is 0 Å². The Morgan fingerprint density at radius 2 is 2.00 bits per heavy atom. The van der Waals surface area contributed by atoms with Gasteiger partial charge in [-0.25, -0.2) is 4.79 Å². The van der Waals surface area contributed by atoms with Gasteiger partial charge < -0.3 is 15.7 Å². The molecule has 1 heterocycles. The molecule has 0 atom stereocenters. The van der Waals surface area contributed by atoms with Crippen LogP contribution in [0.2, 0.25) is 0 Å². The summed E-state index contributed by atoms with van der Waals surface area (Å²) in [5.41, 5.74) is 1.51. The van der Waals surface area contributed by atoms with Crippen LogP contribution in [0.25, 0.3) is 0 Å².